The molecule has 4 nitrogen and oxygen atoms in total. The van der Waals surface area contributed by atoms with Crippen molar-refractivity contribution < 1.29 is 14.3 Å². The van der Waals surface area contributed by atoms with Gasteiger partial charge in [0.25, 0.3) is 0 Å². The molecule has 2 aliphatic rings. The van der Waals surface area contributed by atoms with Crippen molar-refractivity contribution in [3.8, 4) is 0 Å². The molecule has 0 radical (unpaired) electrons. The molecule has 3 rings (SSSR count). The highest BCUT2D eigenvalue weighted by atomic mass is 19.1. The first-order valence-corrected chi connectivity index (χ1v) is 8.58. The Bertz CT molecular complexity index is 544. The van der Waals surface area contributed by atoms with E-state index < -0.39 is 0 Å². The van der Waals surface area contributed by atoms with Crippen molar-refractivity contribution in [3.63, 3.8) is 0 Å². The average molecular weight is 320 g/mol. The first-order valence-electron chi connectivity index (χ1n) is 8.58. The van der Waals surface area contributed by atoms with Gasteiger partial charge in [-0.3, -0.25) is 4.79 Å². The first kappa shape index (κ1) is 16.2. The van der Waals surface area contributed by atoms with Gasteiger partial charge in [0.1, 0.15) is 5.82 Å². The van der Waals surface area contributed by atoms with E-state index in [2.05, 4.69) is 10.2 Å². The van der Waals surface area contributed by atoms with Crippen molar-refractivity contribution in [2.45, 2.75) is 38.2 Å². The lowest BCUT2D eigenvalue weighted by atomic mass is 9.87. The number of halogens is 1. The number of carbonyl (C=O) groups is 1. The lowest BCUT2D eigenvalue weighted by Crippen LogP contribution is -2.37. The number of aliphatic hydroxyl groups is 1. The molecule has 1 aromatic carbocycles. The molecule has 23 heavy (non-hydrogen) atoms. The molecule has 1 saturated heterocycles. The molecule has 1 heterocycles. The minimum absolute atomic E-state index is 0.0440. The summed E-state index contributed by atoms with van der Waals surface area (Å²) < 4.78 is 13.8. The largest absolute Gasteiger partial charge is 0.393 e. The van der Waals surface area contributed by atoms with Gasteiger partial charge in [-0.25, -0.2) is 4.39 Å². The van der Waals surface area contributed by atoms with Crippen molar-refractivity contribution in [2.24, 2.45) is 11.8 Å². The van der Waals surface area contributed by atoms with Gasteiger partial charge in [-0.05, 0) is 50.2 Å². The lowest BCUT2D eigenvalue weighted by molar-refractivity contribution is -0.126. The number of carbonyl (C=O) groups excluding carboxylic acids is 1. The van der Waals surface area contributed by atoms with E-state index in [1.807, 2.05) is 12.1 Å². The van der Waals surface area contributed by atoms with Gasteiger partial charge in [0.2, 0.25) is 5.91 Å². The molecule has 2 fully saturated rings. The summed E-state index contributed by atoms with van der Waals surface area (Å²) in [5.41, 5.74) is 0.655. The maximum Gasteiger partial charge on any atom is 0.223 e. The number of hydrogen-bond acceptors (Lipinski definition) is 3. The summed E-state index contributed by atoms with van der Waals surface area (Å²) >= 11 is 0. The third kappa shape index (κ3) is 4.02. The Morgan fingerprint density at radius 2 is 1.96 bits per heavy atom. The Hall–Kier alpha value is -1.62. The zero-order chi connectivity index (χ0) is 16.2. The van der Waals surface area contributed by atoms with Gasteiger partial charge in [-0.1, -0.05) is 12.1 Å². The molecule has 5 heteroatoms. The molecule has 0 aromatic heterocycles. The molecule has 2 N–H and O–H groups in total. The number of anilines is 1. The van der Waals surface area contributed by atoms with Gasteiger partial charge < -0.3 is 15.3 Å². The van der Waals surface area contributed by atoms with Crippen LogP contribution < -0.4 is 10.2 Å². The molecular formula is C18H25FN2O2. The van der Waals surface area contributed by atoms with Gasteiger partial charge in [-0.2, -0.15) is 0 Å². The zero-order valence-corrected chi connectivity index (χ0v) is 13.4. The van der Waals surface area contributed by atoms with E-state index >= 15 is 0 Å². The Balaban J connectivity index is 1.45. The van der Waals surface area contributed by atoms with Crippen LogP contribution in [0.3, 0.4) is 0 Å². The third-order valence-corrected chi connectivity index (χ3v) is 5.11. The van der Waals surface area contributed by atoms with Gasteiger partial charge >= 0.3 is 0 Å². The zero-order valence-electron chi connectivity index (χ0n) is 13.4. The Morgan fingerprint density at radius 3 is 2.70 bits per heavy atom. The van der Waals surface area contributed by atoms with Crippen LogP contribution >= 0.6 is 0 Å². The van der Waals surface area contributed by atoms with Gasteiger partial charge in [-0.15, -0.1) is 0 Å². The molecule has 1 saturated carbocycles. The van der Waals surface area contributed by atoms with Crippen LogP contribution in [0.1, 0.15) is 32.1 Å². The van der Waals surface area contributed by atoms with Crippen LogP contribution in [0.15, 0.2) is 24.3 Å². The number of rotatable bonds is 4. The molecule has 1 aromatic rings. The van der Waals surface area contributed by atoms with Crippen molar-refractivity contribution in [3.05, 3.63) is 30.1 Å². The van der Waals surface area contributed by atoms with Gasteiger partial charge in [0, 0.05) is 25.6 Å². The Kier molecular flexibility index (Phi) is 5.16. The second-order valence-electron chi connectivity index (χ2n) is 6.80. The Labute approximate surface area is 136 Å². The average Bonchev–Trinajstić information content (AvgIpc) is 3.02. The topological polar surface area (TPSA) is 52.6 Å². The first-order chi connectivity index (χ1) is 11.1. The summed E-state index contributed by atoms with van der Waals surface area (Å²) in [5.74, 6) is 0.342. The van der Waals surface area contributed by atoms with Crippen molar-refractivity contribution in [2.75, 3.05) is 24.5 Å². The standard InChI is InChI=1S/C18H25FN2O2/c19-16-3-1-2-4-17(16)21-10-9-13(12-21)11-20-18(23)14-5-7-15(22)8-6-14/h1-4,13-15,22H,5-12H2,(H,20,23)/t13-,14?,15?/m0/s1. The summed E-state index contributed by atoms with van der Waals surface area (Å²) in [6.45, 7) is 2.27. The lowest BCUT2D eigenvalue weighted by Gasteiger charge is -2.25. The van der Waals surface area contributed by atoms with Gasteiger partial charge in [0.15, 0.2) is 0 Å². The molecular weight excluding hydrogens is 295 g/mol. The van der Waals surface area contributed by atoms with E-state index in [-0.39, 0.29) is 23.7 Å². The quantitative estimate of drug-likeness (QED) is 0.895. The molecule has 1 atom stereocenters. The van der Waals surface area contributed by atoms with E-state index in [9.17, 15) is 14.3 Å². The van der Waals surface area contributed by atoms with Crippen LogP contribution in [0, 0.1) is 17.7 Å². The maximum atomic E-state index is 13.8. The van der Waals surface area contributed by atoms with Crippen LogP contribution in [0.4, 0.5) is 10.1 Å². The van der Waals surface area contributed by atoms with E-state index in [1.165, 1.54) is 6.07 Å². The van der Waals surface area contributed by atoms with Crippen LogP contribution in [0.25, 0.3) is 0 Å². The highest BCUT2D eigenvalue weighted by Gasteiger charge is 2.28. The smallest absolute Gasteiger partial charge is 0.223 e. The summed E-state index contributed by atoms with van der Waals surface area (Å²) in [5, 5.41) is 12.6. The highest BCUT2D eigenvalue weighted by Crippen LogP contribution is 2.27. The fraction of sp³-hybridized carbons (Fsp3) is 0.611. The third-order valence-electron chi connectivity index (χ3n) is 5.11. The number of hydrogen-bond donors (Lipinski definition) is 2. The SMILES string of the molecule is O=C(NC[C@@H]1CCN(c2ccccc2F)C1)C1CCC(O)CC1. The fourth-order valence-corrected chi connectivity index (χ4v) is 3.65. The number of benzene rings is 1. The monoisotopic (exact) mass is 320 g/mol. The molecule has 1 aliphatic carbocycles. The molecule has 0 bridgehead atoms. The Morgan fingerprint density at radius 1 is 1.22 bits per heavy atom. The summed E-state index contributed by atoms with van der Waals surface area (Å²) in [4.78, 5) is 14.3. The number of aliphatic hydroxyl groups excluding tert-OH is 1. The van der Waals surface area contributed by atoms with Crippen LogP contribution in [-0.2, 0) is 4.79 Å². The van der Waals surface area contributed by atoms with Crippen molar-refractivity contribution >= 4 is 11.6 Å². The van der Waals surface area contributed by atoms with E-state index in [4.69, 9.17) is 0 Å². The molecule has 0 spiro atoms. The predicted molar refractivity (Wildman–Crippen MR) is 87.7 cm³/mol. The second-order valence-corrected chi connectivity index (χ2v) is 6.80. The summed E-state index contributed by atoms with van der Waals surface area (Å²) in [6.07, 6.45) is 3.74. The number of amides is 1. The van der Waals surface area contributed by atoms with Crippen molar-refractivity contribution in [1.29, 1.82) is 0 Å². The van der Waals surface area contributed by atoms with Crippen LogP contribution in [0.2, 0.25) is 0 Å². The van der Waals surface area contributed by atoms with Gasteiger partial charge in [0.05, 0.1) is 11.8 Å². The molecule has 0 unspecified atom stereocenters. The van der Waals surface area contributed by atoms with E-state index in [0.717, 1.165) is 45.2 Å². The molecule has 1 amide bonds. The number of nitrogens with zero attached hydrogens (tertiary/aromatic N) is 1. The number of nitrogens with one attached hydrogen (secondary N) is 1. The minimum atomic E-state index is -0.233. The van der Waals surface area contributed by atoms with Crippen LogP contribution in [0.5, 0.6) is 0 Å². The normalized spacial score (nSPS) is 27.9. The molecule has 1 aliphatic heterocycles. The van der Waals surface area contributed by atoms with Crippen LogP contribution in [-0.4, -0.2) is 36.8 Å². The predicted octanol–water partition coefficient (Wildman–Crippen LogP) is 2.32. The van der Waals surface area contributed by atoms with E-state index in [0.29, 0.717) is 18.2 Å². The summed E-state index contributed by atoms with van der Waals surface area (Å²) in [6, 6.07) is 6.85. The minimum Gasteiger partial charge on any atom is -0.393 e. The number of para-hydroxylation sites is 1. The summed E-state index contributed by atoms with van der Waals surface area (Å²) in [7, 11) is 0. The van der Waals surface area contributed by atoms with E-state index in [1.54, 1.807) is 6.07 Å². The maximum absolute atomic E-state index is 13.8. The second kappa shape index (κ2) is 7.30. The molecule has 126 valence electrons. The fourth-order valence-electron chi connectivity index (χ4n) is 3.65. The van der Waals surface area contributed by atoms with Crippen molar-refractivity contribution in [1.82, 2.24) is 5.32 Å². The highest BCUT2D eigenvalue weighted by molar-refractivity contribution is 5.78.